The van der Waals surface area contributed by atoms with Crippen molar-refractivity contribution in [1.29, 1.82) is 0 Å². The maximum absolute atomic E-state index is 6.25. The highest BCUT2D eigenvalue weighted by Gasteiger charge is 2.21. The Hall–Kier alpha value is -0.280. The summed E-state index contributed by atoms with van der Waals surface area (Å²) in [6.07, 6.45) is 3.00. The Labute approximate surface area is 126 Å². The summed E-state index contributed by atoms with van der Waals surface area (Å²) in [5, 5.41) is 4.98. The lowest BCUT2D eigenvalue weighted by Gasteiger charge is -2.27. The summed E-state index contributed by atoms with van der Waals surface area (Å²) in [5.41, 5.74) is 0.995. The molecule has 108 valence electrons. The molecule has 0 amide bonds. The van der Waals surface area contributed by atoms with Crippen LogP contribution in [0.1, 0.15) is 32.3 Å². The number of methoxy groups -OCH3 is 1. The fourth-order valence-corrected chi connectivity index (χ4v) is 2.78. The molecule has 4 heteroatoms. The summed E-state index contributed by atoms with van der Waals surface area (Å²) < 4.78 is 5.56. The summed E-state index contributed by atoms with van der Waals surface area (Å²) in [7, 11) is 1.75. The van der Waals surface area contributed by atoms with Crippen molar-refractivity contribution >= 4 is 23.2 Å². The zero-order valence-corrected chi connectivity index (χ0v) is 13.4. The minimum Gasteiger partial charge on any atom is -0.380 e. The van der Waals surface area contributed by atoms with Gasteiger partial charge in [-0.3, -0.25) is 0 Å². The van der Waals surface area contributed by atoms with Crippen LogP contribution in [0.25, 0.3) is 0 Å². The van der Waals surface area contributed by atoms with Crippen molar-refractivity contribution in [3.63, 3.8) is 0 Å². The number of hydrogen-bond acceptors (Lipinski definition) is 2. The molecule has 0 aromatic heterocycles. The van der Waals surface area contributed by atoms with Crippen LogP contribution < -0.4 is 5.32 Å². The van der Waals surface area contributed by atoms with Gasteiger partial charge in [0.25, 0.3) is 0 Å². The van der Waals surface area contributed by atoms with Crippen LogP contribution in [0.5, 0.6) is 0 Å². The smallest absolute Gasteiger partial charge is 0.0724 e. The lowest BCUT2D eigenvalue weighted by molar-refractivity contribution is 0.0653. The lowest BCUT2D eigenvalue weighted by atomic mass is 9.99. The van der Waals surface area contributed by atoms with Gasteiger partial charge in [-0.1, -0.05) is 43.1 Å². The van der Waals surface area contributed by atoms with Gasteiger partial charge in [0.2, 0.25) is 0 Å². The van der Waals surface area contributed by atoms with Crippen LogP contribution in [0.3, 0.4) is 0 Å². The number of nitrogens with one attached hydrogen (secondary N) is 1. The Morgan fingerprint density at radius 2 is 1.84 bits per heavy atom. The van der Waals surface area contributed by atoms with Crippen LogP contribution in [0, 0.1) is 0 Å². The molecule has 2 nitrogen and oxygen atoms in total. The van der Waals surface area contributed by atoms with Crippen molar-refractivity contribution in [1.82, 2.24) is 5.32 Å². The zero-order valence-electron chi connectivity index (χ0n) is 11.9. The second-order valence-corrected chi connectivity index (χ2v) is 5.46. The zero-order chi connectivity index (χ0) is 14.3. The molecule has 1 aromatic carbocycles. The molecule has 0 bridgehead atoms. The summed E-state index contributed by atoms with van der Waals surface area (Å²) in [6, 6.07) is 5.87. The van der Waals surface area contributed by atoms with Gasteiger partial charge in [0.1, 0.15) is 0 Å². The predicted octanol–water partition coefficient (Wildman–Crippen LogP) is 4.33. The van der Waals surface area contributed by atoms with Gasteiger partial charge in [-0.25, -0.2) is 0 Å². The molecule has 0 aliphatic carbocycles. The molecule has 0 heterocycles. The molecule has 0 radical (unpaired) electrons. The first-order valence-corrected chi connectivity index (χ1v) is 7.58. The molecule has 0 spiro atoms. The van der Waals surface area contributed by atoms with Crippen LogP contribution in [0.15, 0.2) is 18.2 Å². The van der Waals surface area contributed by atoms with Crippen LogP contribution in [0.4, 0.5) is 0 Å². The largest absolute Gasteiger partial charge is 0.380 e. The van der Waals surface area contributed by atoms with E-state index < -0.39 is 0 Å². The third-order valence-electron chi connectivity index (χ3n) is 3.30. The SMILES string of the molecule is CCCNC(Cc1c(Cl)cccc1Cl)C(CC)OC. The van der Waals surface area contributed by atoms with E-state index >= 15 is 0 Å². The Bertz CT molecular complexity index is 360. The first-order chi connectivity index (χ1) is 9.13. The van der Waals surface area contributed by atoms with Gasteiger partial charge in [0.15, 0.2) is 0 Å². The van der Waals surface area contributed by atoms with Crippen molar-refractivity contribution in [3.05, 3.63) is 33.8 Å². The van der Waals surface area contributed by atoms with Gasteiger partial charge in [0.05, 0.1) is 6.10 Å². The van der Waals surface area contributed by atoms with Crippen molar-refractivity contribution in [2.45, 2.75) is 45.3 Å². The number of rotatable bonds is 8. The lowest BCUT2D eigenvalue weighted by Crippen LogP contribution is -2.42. The van der Waals surface area contributed by atoms with E-state index in [1.807, 2.05) is 18.2 Å². The van der Waals surface area contributed by atoms with Gasteiger partial charge in [0, 0.05) is 23.2 Å². The maximum atomic E-state index is 6.25. The van der Waals surface area contributed by atoms with E-state index in [0.717, 1.165) is 41.4 Å². The number of halogens is 2. The van der Waals surface area contributed by atoms with Crippen molar-refractivity contribution in [3.8, 4) is 0 Å². The fourth-order valence-electron chi connectivity index (χ4n) is 2.23. The quantitative estimate of drug-likeness (QED) is 0.772. The highest BCUT2D eigenvalue weighted by Crippen LogP contribution is 2.26. The van der Waals surface area contributed by atoms with E-state index in [2.05, 4.69) is 19.2 Å². The summed E-state index contributed by atoms with van der Waals surface area (Å²) in [6.45, 7) is 5.25. The molecular weight excluding hydrogens is 281 g/mol. The summed E-state index contributed by atoms with van der Waals surface area (Å²) in [4.78, 5) is 0. The molecule has 2 atom stereocenters. The molecule has 1 N–H and O–H groups in total. The Kier molecular flexibility index (Phi) is 7.77. The maximum Gasteiger partial charge on any atom is 0.0724 e. The van der Waals surface area contributed by atoms with E-state index in [4.69, 9.17) is 27.9 Å². The standard InChI is InChI=1S/C15H23Cl2NO/c1-4-9-18-14(15(5-2)19-3)10-11-12(16)7-6-8-13(11)17/h6-8,14-15,18H,4-5,9-10H2,1-3H3. The molecule has 0 aliphatic heterocycles. The third kappa shape index (κ3) is 4.96. The molecule has 1 aromatic rings. The van der Waals surface area contributed by atoms with E-state index in [0.29, 0.717) is 0 Å². The number of ether oxygens (including phenoxy) is 1. The van der Waals surface area contributed by atoms with Crippen molar-refractivity contribution < 1.29 is 4.74 Å². The van der Waals surface area contributed by atoms with Crippen LogP contribution in [0.2, 0.25) is 10.0 Å². The average molecular weight is 304 g/mol. The second-order valence-electron chi connectivity index (χ2n) is 4.65. The average Bonchev–Trinajstić information content (AvgIpc) is 2.40. The minimum absolute atomic E-state index is 0.166. The Morgan fingerprint density at radius 3 is 2.32 bits per heavy atom. The topological polar surface area (TPSA) is 21.3 Å². The molecule has 0 saturated carbocycles. The van der Waals surface area contributed by atoms with Crippen LogP contribution in [-0.2, 0) is 11.2 Å². The number of benzene rings is 1. The van der Waals surface area contributed by atoms with Gasteiger partial charge in [-0.2, -0.15) is 0 Å². The van der Waals surface area contributed by atoms with Crippen molar-refractivity contribution in [2.24, 2.45) is 0 Å². The van der Waals surface area contributed by atoms with E-state index in [9.17, 15) is 0 Å². The second kappa shape index (κ2) is 8.80. The normalized spacial score (nSPS) is 14.4. The molecule has 0 fully saturated rings. The highest BCUT2D eigenvalue weighted by atomic mass is 35.5. The van der Waals surface area contributed by atoms with Crippen LogP contribution in [-0.4, -0.2) is 25.8 Å². The summed E-state index contributed by atoms with van der Waals surface area (Å²) >= 11 is 12.5. The first-order valence-electron chi connectivity index (χ1n) is 6.83. The fraction of sp³-hybridized carbons (Fsp3) is 0.600. The van der Waals surface area contributed by atoms with Crippen LogP contribution >= 0.6 is 23.2 Å². The van der Waals surface area contributed by atoms with Gasteiger partial charge >= 0.3 is 0 Å². The Balaban J connectivity index is 2.86. The summed E-state index contributed by atoms with van der Waals surface area (Å²) in [5.74, 6) is 0. The molecule has 0 aliphatic rings. The van der Waals surface area contributed by atoms with Gasteiger partial charge in [-0.05, 0) is 43.5 Å². The predicted molar refractivity (Wildman–Crippen MR) is 83.3 cm³/mol. The minimum atomic E-state index is 0.166. The third-order valence-corrected chi connectivity index (χ3v) is 4.00. The number of hydrogen-bond donors (Lipinski definition) is 1. The van der Waals surface area contributed by atoms with Gasteiger partial charge < -0.3 is 10.1 Å². The van der Waals surface area contributed by atoms with Gasteiger partial charge in [-0.15, -0.1) is 0 Å². The van der Waals surface area contributed by atoms with Crippen molar-refractivity contribution in [2.75, 3.05) is 13.7 Å². The monoisotopic (exact) mass is 303 g/mol. The van der Waals surface area contributed by atoms with E-state index in [1.165, 1.54) is 0 Å². The Morgan fingerprint density at radius 1 is 1.21 bits per heavy atom. The van der Waals surface area contributed by atoms with E-state index in [1.54, 1.807) is 7.11 Å². The molecular formula is C15H23Cl2NO. The van der Waals surface area contributed by atoms with E-state index in [-0.39, 0.29) is 12.1 Å². The molecule has 1 rings (SSSR count). The molecule has 19 heavy (non-hydrogen) atoms. The molecule has 2 unspecified atom stereocenters. The first kappa shape index (κ1) is 16.8. The highest BCUT2D eigenvalue weighted by molar-refractivity contribution is 6.36. The molecule has 0 saturated heterocycles.